The lowest BCUT2D eigenvalue weighted by atomic mass is 10.1. The van der Waals surface area contributed by atoms with E-state index in [0.29, 0.717) is 5.25 Å². The van der Waals surface area contributed by atoms with E-state index in [1.54, 1.807) is 0 Å². The van der Waals surface area contributed by atoms with E-state index in [1.807, 2.05) is 43.0 Å². The van der Waals surface area contributed by atoms with Crippen molar-refractivity contribution in [1.29, 1.82) is 0 Å². The highest BCUT2D eigenvalue weighted by Gasteiger charge is 2.20. The summed E-state index contributed by atoms with van der Waals surface area (Å²) in [5.41, 5.74) is 3.22. The third-order valence-corrected chi connectivity index (χ3v) is 5.13. The summed E-state index contributed by atoms with van der Waals surface area (Å²) in [6.07, 6.45) is 4.66. The van der Waals surface area contributed by atoms with Gasteiger partial charge in [-0.2, -0.15) is 11.8 Å². The zero-order chi connectivity index (χ0) is 16.8. The summed E-state index contributed by atoms with van der Waals surface area (Å²) in [6.45, 7) is 6.54. The average molecular weight is 334 g/mol. The Morgan fingerprint density at radius 3 is 2.83 bits per heavy atom. The Bertz CT molecular complexity index is 572. The van der Waals surface area contributed by atoms with Crippen LogP contribution in [0.3, 0.4) is 0 Å². The predicted octanol–water partition coefficient (Wildman–Crippen LogP) is 3.70. The van der Waals surface area contributed by atoms with Crippen molar-refractivity contribution in [3.63, 3.8) is 0 Å². The Morgan fingerprint density at radius 1 is 1.39 bits per heavy atom. The molecule has 0 spiro atoms. The number of anilines is 1. The Kier molecular flexibility index (Phi) is 6.54. The number of aliphatic hydroxyl groups excluding tert-OH is 1. The van der Waals surface area contributed by atoms with Gasteiger partial charge in [0.2, 0.25) is 0 Å². The van der Waals surface area contributed by atoms with E-state index in [4.69, 9.17) is 5.11 Å². The first kappa shape index (κ1) is 17.9. The Balaban J connectivity index is 1.93. The molecule has 0 saturated carbocycles. The highest BCUT2D eigenvalue weighted by molar-refractivity contribution is 7.99. The fraction of sp³-hybridized carbons (Fsp3) is 0.500. The smallest absolute Gasteiger partial charge is 0.319 e. The van der Waals surface area contributed by atoms with Crippen molar-refractivity contribution in [3.8, 4) is 0 Å². The molecular formula is C18H26N2O2S. The van der Waals surface area contributed by atoms with E-state index < -0.39 is 0 Å². The summed E-state index contributed by atoms with van der Waals surface area (Å²) in [5, 5.41) is 15.6. The second-order valence-electron chi connectivity index (χ2n) is 6.22. The summed E-state index contributed by atoms with van der Waals surface area (Å²) >= 11 is 1.89. The van der Waals surface area contributed by atoms with Gasteiger partial charge in [0.05, 0.1) is 0 Å². The first-order valence-corrected chi connectivity index (χ1v) is 9.11. The van der Waals surface area contributed by atoms with Gasteiger partial charge in [0.1, 0.15) is 0 Å². The number of amides is 2. The van der Waals surface area contributed by atoms with Gasteiger partial charge in [0.15, 0.2) is 0 Å². The minimum Gasteiger partial charge on any atom is -0.396 e. The Labute approximate surface area is 142 Å². The van der Waals surface area contributed by atoms with E-state index in [9.17, 15) is 4.79 Å². The lowest BCUT2D eigenvalue weighted by Gasteiger charge is -2.16. The maximum atomic E-state index is 12.2. The maximum absolute atomic E-state index is 12.2. The van der Waals surface area contributed by atoms with Crippen molar-refractivity contribution in [3.05, 3.63) is 41.5 Å². The summed E-state index contributed by atoms with van der Waals surface area (Å²) in [7, 11) is 0. The van der Waals surface area contributed by atoms with Gasteiger partial charge in [-0.05, 0) is 35.8 Å². The van der Waals surface area contributed by atoms with E-state index in [0.717, 1.165) is 23.4 Å². The SMILES string of the molecule is Cc1c(CSC(C)C)cccc1NC(=O)N[C@@H]1C=C[C@H](CO)C1. The number of carbonyl (C=O) groups excluding carboxylic acids is 1. The van der Waals surface area contributed by atoms with Crippen molar-refractivity contribution < 1.29 is 9.90 Å². The molecule has 1 aromatic carbocycles. The fourth-order valence-electron chi connectivity index (χ4n) is 2.58. The molecule has 2 rings (SSSR count). The van der Waals surface area contributed by atoms with Crippen molar-refractivity contribution in [2.75, 3.05) is 11.9 Å². The van der Waals surface area contributed by atoms with Crippen LogP contribution in [-0.2, 0) is 5.75 Å². The molecule has 4 nitrogen and oxygen atoms in total. The molecular weight excluding hydrogens is 308 g/mol. The largest absolute Gasteiger partial charge is 0.396 e. The van der Waals surface area contributed by atoms with E-state index in [-0.39, 0.29) is 24.6 Å². The van der Waals surface area contributed by atoms with Gasteiger partial charge >= 0.3 is 6.03 Å². The average Bonchev–Trinajstić information content (AvgIpc) is 2.95. The van der Waals surface area contributed by atoms with Crippen LogP contribution in [0.5, 0.6) is 0 Å². The van der Waals surface area contributed by atoms with Crippen LogP contribution in [0.15, 0.2) is 30.4 Å². The van der Waals surface area contributed by atoms with E-state index in [1.165, 1.54) is 5.56 Å². The van der Waals surface area contributed by atoms with Gasteiger partial charge in [0.25, 0.3) is 0 Å². The quantitative estimate of drug-likeness (QED) is 0.695. The van der Waals surface area contributed by atoms with Crippen molar-refractivity contribution in [1.82, 2.24) is 5.32 Å². The van der Waals surface area contributed by atoms with Gasteiger partial charge in [-0.15, -0.1) is 0 Å². The molecule has 3 N–H and O–H groups in total. The molecule has 126 valence electrons. The number of aliphatic hydroxyl groups is 1. The first-order chi connectivity index (χ1) is 11.0. The van der Waals surface area contributed by atoms with Crippen molar-refractivity contribution >= 4 is 23.5 Å². The molecule has 0 aliphatic heterocycles. The minimum absolute atomic E-state index is 0.00728. The number of rotatable bonds is 6. The number of urea groups is 1. The summed E-state index contributed by atoms with van der Waals surface area (Å²) in [6, 6.07) is 5.82. The number of benzene rings is 1. The highest BCUT2D eigenvalue weighted by atomic mass is 32.2. The third kappa shape index (κ3) is 5.29. The molecule has 0 fully saturated rings. The van der Waals surface area contributed by atoms with Crippen LogP contribution >= 0.6 is 11.8 Å². The summed E-state index contributed by atoms with van der Waals surface area (Å²) in [4.78, 5) is 12.2. The minimum atomic E-state index is -0.199. The number of thioether (sulfide) groups is 1. The monoisotopic (exact) mass is 334 g/mol. The fourth-order valence-corrected chi connectivity index (χ4v) is 3.40. The molecule has 0 radical (unpaired) electrons. The predicted molar refractivity (Wildman–Crippen MR) is 97.9 cm³/mol. The molecule has 0 saturated heterocycles. The molecule has 1 aliphatic rings. The van der Waals surface area contributed by atoms with Gasteiger partial charge in [0, 0.05) is 30.0 Å². The molecule has 2 amide bonds. The van der Waals surface area contributed by atoms with Crippen LogP contribution in [-0.4, -0.2) is 29.0 Å². The molecule has 0 bridgehead atoms. The van der Waals surface area contributed by atoms with Crippen molar-refractivity contribution in [2.24, 2.45) is 5.92 Å². The maximum Gasteiger partial charge on any atom is 0.319 e. The Hall–Kier alpha value is -1.46. The lowest BCUT2D eigenvalue weighted by molar-refractivity contribution is 0.238. The van der Waals surface area contributed by atoms with E-state index in [2.05, 4.69) is 30.5 Å². The Morgan fingerprint density at radius 2 is 2.17 bits per heavy atom. The number of hydrogen-bond acceptors (Lipinski definition) is 3. The van der Waals surface area contributed by atoms with Crippen LogP contribution in [0.1, 0.15) is 31.4 Å². The second kappa shape index (κ2) is 8.41. The zero-order valence-electron chi connectivity index (χ0n) is 14.0. The number of carbonyl (C=O) groups is 1. The lowest BCUT2D eigenvalue weighted by Crippen LogP contribution is -2.36. The molecule has 0 heterocycles. The van der Waals surface area contributed by atoms with Crippen LogP contribution in [0.4, 0.5) is 10.5 Å². The third-order valence-electron chi connectivity index (χ3n) is 3.99. The standard InChI is InChI=1S/C18H26N2O2S/c1-12(2)23-11-15-5-4-6-17(13(15)3)20-18(22)19-16-8-7-14(9-16)10-21/h4-8,12,14,16,21H,9-11H2,1-3H3,(H2,19,20,22)/t14-,16+/m0/s1. The normalized spacial score (nSPS) is 20.0. The van der Waals surface area contributed by atoms with Gasteiger partial charge in [-0.3, -0.25) is 0 Å². The summed E-state index contributed by atoms with van der Waals surface area (Å²) in [5.74, 6) is 1.10. The molecule has 1 aliphatic carbocycles. The number of nitrogens with one attached hydrogen (secondary N) is 2. The zero-order valence-corrected chi connectivity index (χ0v) is 14.8. The molecule has 0 unspecified atom stereocenters. The molecule has 5 heteroatoms. The second-order valence-corrected chi connectivity index (χ2v) is 7.78. The van der Waals surface area contributed by atoms with E-state index >= 15 is 0 Å². The molecule has 1 aromatic rings. The molecule has 2 atom stereocenters. The number of hydrogen-bond donors (Lipinski definition) is 3. The van der Waals surface area contributed by atoms with Crippen LogP contribution in [0.25, 0.3) is 0 Å². The van der Waals surface area contributed by atoms with Crippen LogP contribution < -0.4 is 10.6 Å². The summed E-state index contributed by atoms with van der Waals surface area (Å²) < 4.78 is 0. The van der Waals surface area contributed by atoms with Crippen LogP contribution in [0.2, 0.25) is 0 Å². The molecule has 23 heavy (non-hydrogen) atoms. The van der Waals surface area contributed by atoms with Gasteiger partial charge in [-0.1, -0.05) is 38.1 Å². The first-order valence-electron chi connectivity index (χ1n) is 8.06. The van der Waals surface area contributed by atoms with Crippen molar-refractivity contribution in [2.45, 2.75) is 44.2 Å². The highest BCUT2D eigenvalue weighted by Crippen LogP contribution is 2.25. The van der Waals surface area contributed by atoms with Crippen LogP contribution in [0, 0.1) is 12.8 Å². The van der Waals surface area contributed by atoms with Gasteiger partial charge in [-0.25, -0.2) is 4.79 Å². The molecule has 0 aromatic heterocycles. The van der Waals surface area contributed by atoms with Gasteiger partial charge < -0.3 is 15.7 Å². The topological polar surface area (TPSA) is 61.4 Å².